The summed E-state index contributed by atoms with van der Waals surface area (Å²) in [6, 6.07) is 9.10. The van der Waals surface area contributed by atoms with Crippen LogP contribution in [0.4, 0.5) is 0 Å². The molecule has 2 aromatic carbocycles. The Bertz CT molecular complexity index is 1090. The van der Waals surface area contributed by atoms with Crippen LogP contribution in [0.5, 0.6) is 11.5 Å². The molecule has 0 spiro atoms. The first-order valence-corrected chi connectivity index (χ1v) is 8.34. The Labute approximate surface area is 152 Å². The Balaban J connectivity index is 1.70. The topological polar surface area (TPSA) is 126 Å². The molecule has 0 bridgehead atoms. The van der Waals surface area contributed by atoms with Gasteiger partial charge in [0.25, 0.3) is 0 Å². The molecule has 0 aliphatic carbocycles. The minimum Gasteiger partial charge on any atom is -0.507 e. The van der Waals surface area contributed by atoms with Gasteiger partial charge in [-0.25, -0.2) is 4.79 Å². The van der Waals surface area contributed by atoms with Crippen molar-refractivity contribution in [3.05, 3.63) is 46.6 Å². The van der Waals surface area contributed by atoms with E-state index in [0.717, 1.165) is 0 Å². The third kappa shape index (κ3) is 3.20. The van der Waals surface area contributed by atoms with E-state index >= 15 is 0 Å². The van der Waals surface area contributed by atoms with E-state index < -0.39 is 29.9 Å². The predicted molar refractivity (Wildman–Crippen MR) is 93.8 cm³/mol. The zero-order valence-corrected chi connectivity index (χ0v) is 14.0. The van der Waals surface area contributed by atoms with Crippen molar-refractivity contribution in [1.29, 1.82) is 0 Å². The lowest BCUT2D eigenvalue weighted by Gasteiger charge is -2.31. The van der Waals surface area contributed by atoms with Crippen LogP contribution in [0.25, 0.3) is 21.9 Å². The summed E-state index contributed by atoms with van der Waals surface area (Å²) in [5, 5.41) is 29.1. The Kier molecular flexibility index (Phi) is 4.21. The number of carboxylic acids is 1. The van der Waals surface area contributed by atoms with Crippen LogP contribution in [0.2, 0.25) is 0 Å². The molecule has 1 aliphatic heterocycles. The maximum Gasteiger partial charge on any atom is 0.333 e. The van der Waals surface area contributed by atoms with E-state index in [4.69, 9.17) is 19.0 Å². The zero-order valence-electron chi connectivity index (χ0n) is 14.0. The largest absolute Gasteiger partial charge is 0.507 e. The van der Waals surface area contributed by atoms with E-state index in [1.165, 1.54) is 12.1 Å². The number of phenols is 1. The lowest BCUT2D eigenvalue weighted by molar-refractivity contribution is -0.195. The highest BCUT2D eigenvalue weighted by atomic mass is 16.7. The second kappa shape index (κ2) is 6.57. The quantitative estimate of drug-likeness (QED) is 0.596. The van der Waals surface area contributed by atoms with Crippen molar-refractivity contribution in [2.24, 2.45) is 0 Å². The molecule has 3 unspecified atom stereocenters. The van der Waals surface area contributed by atoms with Gasteiger partial charge < -0.3 is 29.2 Å². The number of aliphatic hydroxyl groups excluding tert-OH is 1. The minimum absolute atomic E-state index is 0.0121. The molecule has 1 fully saturated rings. The van der Waals surface area contributed by atoms with Crippen LogP contribution >= 0.6 is 0 Å². The second-order valence-electron chi connectivity index (χ2n) is 6.38. The van der Waals surface area contributed by atoms with Crippen molar-refractivity contribution >= 4 is 27.9 Å². The maximum absolute atomic E-state index is 12.7. The zero-order chi connectivity index (χ0) is 19.1. The molecule has 0 saturated carbocycles. The molecule has 140 valence electrons. The van der Waals surface area contributed by atoms with E-state index in [9.17, 15) is 19.8 Å². The van der Waals surface area contributed by atoms with Gasteiger partial charge in [-0.1, -0.05) is 6.07 Å². The molecule has 1 saturated heterocycles. The Morgan fingerprint density at radius 1 is 1.15 bits per heavy atom. The summed E-state index contributed by atoms with van der Waals surface area (Å²) < 4.78 is 16.6. The van der Waals surface area contributed by atoms with Crippen LogP contribution in [-0.4, -0.2) is 39.8 Å². The molecule has 1 aliphatic rings. The summed E-state index contributed by atoms with van der Waals surface area (Å²) in [5.74, 6) is -1.10. The van der Waals surface area contributed by atoms with Gasteiger partial charge in [-0.05, 0) is 30.3 Å². The average molecular weight is 372 g/mol. The van der Waals surface area contributed by atoms with Gasteiger partial charge in [0.15, 0.2) is 6.10 Å². The van der Waals surface area contributed by atoms with E-state index in [0.29, 0.717) is 5.58 Å². The van der Waals surface area contributed by atoms with Crippen LogP contribution in [0.1, 0.15) is 12.8 Å². The first kappa shape index (κ1) is 17.3. The summed E-state index contributed by atoms with van der Waals surface area (Å²) in [4.78, 5) is 23.8. The highest BCUT2D eigenvalue weighted by Gasteiger charge is 2.34. The van der Waals surface area contributed by atoms with Gasteiger partial charge in [0, 0.05) is 12.8 Å². The van der Waals surface area contributed by atoms with Crippen LogP contribution < -0.4 is 10.2 Å². The highest BCUT2D eigenvalue weighted by Crippen LogP contribution is 2.29. The first-order chi connectivity index (χ1) is 12.9. The number of phenolic OH excluding ortho intramolecular Hbond substituents is 1. The van der Waals surface area contributed by atoms with Crippen molar-refractivity contribution in [1.82, 2.24) is 0 Å². The molecule has 8 nitrogen and oxygen atoms in total. The highest BCUT2D eigenvalue weighted by molar-refractivity contribution is 5.93. The Morgan fingerprint density at radius 2 is 1.96 bits per heavy atom. The lowest BCUT2D eigenvalue weighted by Crippen LogP contribution is -2.42. The number of aromatic hydroxyl groups is 1. The number of aliphatic hydroxyl groups is 1. The number of ether oxygens (including phenoxy) is 2. The number of carboxylic acid groups (broad SMARTS) is 1. The van der Waals surface area contributed by atoms with Crippen LogP contribution in [0, 0.1) is 0 Å². The molecule has 8 heteroatoms. The molecule has 0 radical (unpaired) electrons. The molecule has 1 aromatic heterocycles. The fourth-order valence-electron chi connectivity index (χ4n) is 3.18. The molecule has 4 rings (SSSR count). The average Bonchev–Trinajstić information content (AvgIpc) is 2.62. The summed E-state index contributed by atoms with van der Waals surface area (Å²) in [6.07, 6.45) is -2.90. The molecular weight excluding hydrogens is 356 g/mol. The number of fused-ring (bicyclic) bond motifs is 2. The van der Waals surface area contributed by atoms with Crippen molar-refractivity contribution in [2.45, 2.75) is 31.3 Å². The Morgan fingerprint density at radius 3 is 2.74 bits per heavy atom. The van der Waals surface area contributed by atoms with E-state index in [1.54, 1.807) is 24.3 Å². The van der Waals surface area contributed by atoms with E-state index in [1.807, 2.05) is 0 Å². The molecule has 2 heterocycles. The monoisotopic (exact) mass is 372 g/mol. The van der Waals surface area contributed by atoms with Gasteiger partial charge in [-0.2, -0.15) is 0 Å². The van der Waals surface area contributed by atoms with Crippen LogP contribution in [0.3, 0.4) is 0 Å². The van der Waals surface area contributed by atoms with E-state index in [-0.39, 0.29) is 40.7 Å². The van der Waals surface area contributed by atoms with Crippen molar-refractivity contribution < 1.29 is 34.0 Å². The normalized spacial score (nSPS) is 22.8. The first-order valence-electron chi connectivity index (χ1n) is 8.34. The summed E-state index contributed by atoms with van der Waals surface area (Å²) in [6.45, 7) is 0. The molecule has 0 amide bonds. The van der Waals surface area contributed by atoms with Crippen LogP contribution in [-0.2, 0) is 9.53 Å². The number of hydrogen-bond acceptors (Lipinski definition) is 7. The summed E-state index contributed by atoms with van der Waals surface area (Å²) in [5.41, 5.74) is 0.172. The molecule has 3 atom stereocenters. The standard InChI is InChI=1S/C19H16O8/c20-9-6-15(19(23)24)27-16(7-9)25-10-4-5-13-11(8-10)18(22)17-12(21)2-1-3-14(17)26-13/h1-5,8-9,15-16,20-21H,6-7H2,(H,23,24). The minimum atomic E-state index is -1.18. The number of carbonyl (C=O) groups is 1. The van der Waals surface area contributed by atoms with Crippen molar-refractivity contribution in [3.63, 3.8) is 0 Å². The predicted octanol–water partition coefficient (Wildman–Crippen LogP) is 1.98. The van der Waals surface area contributed by atoms with Gasteiger partial charge in [0.05, 0.1) is 11.5 Å². The SMILES string of the molecule is O=C(O)C1CC(O)CC(Oc2ccc3oc4cccc(O)c4c(=O)c3c2)O1. The van der Waals surface area contributed by atoms with Gasteiger partial charge in [-0.15, -0.1) is 0 Å². The lowest BCUT2D eigenvalue weighted by atomic mass is 10.1. The van der Waals surface area contributed by atoms with Gasteiger partial charge >= 0.3 is 5.97 Å². The molecular formula is C19H16O8. The van der Waals surface area contributed by atoms with Crippen LogP contribution in [0.15, 0.2) is 45.6 Å². The number of aliphatic carboxylic acids is 1. The smallest absolute Gasteiger partial charge is 0.333 e. The second-order valence-corrected chi connectivity index (χ2v) is 6.38. The van der Waals surface area contributed by atoms with Crippen molar-refractivity contribution in [3.8, 4) is 11.5 Å². The fourth-order valence-corrected chi connectivity index (χ4v) is 3.18. The Hall–Kier alpha value is -3.10. The number of hydrogen-bond donors (Lipinski definition) is 3. The van der Waals surface area contributed by atoms with Gasteiger partial charge in [-0.3, -0.25) is 4.79 Å². The fraction of sp³-hybridized carbons (Fsp3) is 0.263. The molecule has 3 N–H and O–H groups in total. The third-order valence-electron chi connectivity index (χ3n) is 4.46. The van der Waals surface area contributed by atoms with Crippen molar-refractivity contribution in [2.75, 3.05) is 0 Å². The van der Waals surface area contributed by atoms with E-state index in [2.05, 4.69) is 0 Å². The summed E-state index contributed by atoms with van der Waals surface area (Å²) >= 11 is 0. The number of benzene rings is 2. The molecule has 3 aromatic rings. The maximum atomic E-state index is 12.7. The third-order valence-corrected chi connectivity index (χ3v) is 4.46. The summed E-state index contributed by atoms with van der Waals surface area (Å²) in [7, 11) is 0. The van der Waals surface area contributed by atoms with Gasteiger partial charge in [0.2, 0.25) is 11.7 Å². The van der Waals surface area contributed by atoms with Gasteiger partial charge in [0.1, 0.15) is 28.1 Å². The number of rotatable bonds is 3. The molecule has 27 heavy (non-hydrogen) atoms.